The molecule has 0 heterocycles. The van der Waals surface area contributed by atoms with Gasteiger partial charge in [-0.15, -0.1) is 0 Å². The van der Waals surface area contributed by atoms with Crippen LogP contribution in [-0.4, -0.2) is 30.6 Å². The lowest BCUT2D eigenvalue weighted by Crippen LogP contribution is -2.39. The highest BCUT2D eigenvalue weighted by Gasteiger charge is 2.21. The summed E-state index contributed by atoms with van der Waals surface area (Å²) in [5, 5.41) is 3.57. The average Bonchev–Trinajstić information content (AvgIpc) is 2.40. The summed E-state index contributed by atoms with van der Waals surface area (Å²) in [4.78, 5) is 4.86. The van der Waals surface area contributed by atoms with E-state index in [-0.39, 0.29) is 11.2 Å². The highest BCUT2D eigenvalue weighted by Crippen LogP contribution is 2.21. The van der Waals surface area contributed by atoms with Crippen LogP contribution in [0, 0.1) is 0 Å². The van der Waals surface area contributed by atoms with Gasteiger partial charge in [-0.2, -0.15) is 0 Å². The van der Waals surface area contributed by atoms with E-state index in [4.69, 9.17) is 9.18 Å². The van der Waals surface area contributed by atoms with Crippen LogP contribution in [0.3, 0.4) is 0 Å². The highest BCUT2D eigenvalue weighted by molar-refractivity contribution is 7.91. The van der Waals surface area contributed by atoms with Crippen molar-refractivity contribution < 1.29 is 4.18 Å². The maximum absolute atomic E-state index is 5.92. The van der Waals surface area contributed by atoms with E-state index in [9.17, 15) is 0 Å². The maximum Gasteiger partial charge on any atom is 0.345 e. The van der Waals surface area contributed by atoms with Crippen molar-refractivity contribution in [3.05, 3.63) is 0 Å². The van der Waals surface area contributed by atoms with Gasteiger partial charge < -0.3 is 5.32 Å². The van der Waals surface area contributed by atoms with Gasteiger partial charge in [-0.1, -0.05) is 38.5 Å². The van der Waals surface area contributed by atoms with Crippen LogP contribution in [0.15, 0.2) is 4.99 Å². The van der Waals surface area contributed by atoms with Gasteiger partial charge in [0.05, 0.1) is 6.04 Å². The van der Waals surface area contributed by atoms with E-state index in [0.717, 1.165) is 6.02 Å². The number of hydrogen-bond acceptors (Lipinski definition) is 2. The Hall–Kier alpha value is -0.380. The average molecular weight is 285 g/mol. The Labute approximate surface area is 121 Å². The van der Waals surface area contributed by atoms with Gasteiger partial charge >= 0.3 is 6.02 Å². The third-order valence-electron chi connectivity index (χ3n) is 4.05. The number of amidine groups is 1. The molecule has 0 aliphatic heterocycles. The van der Waals surface area contributed by atoms with Crippen LogP contribution in [0.1, 0.15) is 64.2 Å². The van der Waals surface area contributed by atoms with Crippen LogP contribution in [-0.2, 0) is 15.4 Å². The molecule has 2 rings (SSSR count). The van der Waals surface area contributed by atoms with Crippen molar-refractivity contribution in [3.63, 3.8) is 0 Å². The van der Waals surface area contributed by atoms with Gasteiger partial charge in [-0.05, 0) is 25.7 Å². The molecule has 0 amide bonds. The van der Waals surface area contributed by atoms with Gasteiger partial charge in [0.15, 0.2) is 11.2 Å². The summed E-state index contributed by atoms with van der Waals surface area (Å²) < 4.78 is 5.92. The van der Waals surface area contributed by atoms with Crippen LogP contribution >= 0.6 is 0 Å². The first-order chi connectivity index (χ1) is 9.24. The van der Waals surface area contributed by atoms with Gasteiger partial charge in [0, 0.05) is 6.04 Å². The molecule has 0 aromatic carbocycles. The molecule has 2 aliphatic carbocycles. The van der Waals surface area contributed by atoms with Gasteiger partial charge in [0.1, 0.15) is 12.5 Å². The summed E-state index contributed by atoms with van der Waals surface area (Å²) in [7, 11) is 0. The van der Waals surface area contributed by atoms with Crippen LogP contribution in [0.2, 0.25) is 0 Å². The highest BCUT2D eigenvalue weighted by atomic mass is 32.2. The van der Waals surface area contributed by atoms with E-state index in [1.165, 1.54) is 64.2 Å². The number of hydrogen-bond donors (Lipinski definition) is 1. The Bertz CT molecular complexity index is 282. The van der Waals surface area contributed by atoms with E-state index in [1.807, 2.05) is 0 Å². The molecule has 2 saturated carbocycles. The van der Waals surface area contributed by atoms with E-state index in [2.05, 4.69) is 17.8 Å². The lowest BCUT2D eigenvalue weighted by Gasteiger charge is -2.24. The Morgan fingerprint density at radius 1 is 0.947 bits per heavy atom. The Morgan fingerprint density at radius 2 is 1.53 bits per heavy atom. The Kier molecular flexibility index (Phi) is 6.35. The normalized spacial score (nSPS) is 23.6. The lowest BCUT2D eigenvalue weighted by atomic mass is 9.95. The minimum atomic E-state index is -0.0476. The Balaban J connectivity index is 1.91. The van der Waals surface area contributed by atoms with E-state index in [1.54, 1.807) is 0 Å². The second kappa shape index (κ2) is 8.03. The molecule has 1 N–H and O–H groups in total. The summed E-state index contributed by atoms with van der Waals surface area (Å²) in [6.45, 7) is 0. The molecule has 0 radical (unpaired) electrons. The monoisotopic (exact) mass is 285 g/mol. The molecule has 2 fully saturated rings. The van der Waals surface area contributed by atoms with Crippen molar-refractivity contribution in [3.8, 4) is 0 Å². The van der Waals surface area contributed by atoms with Crippen LogP contribution in [0.25, 0.3) is 0 Å². The first-order valence-electron chi connectivity index (χ1n) is 7.84. The van der Waals surface area contributed by atoms with Gasteiger partial charge in [-0.3, -0.25) is 0 Å². The van der Waals surface area contributed by atoms with E-state index < -0.39 is 0 Å². The first-order valence-corrected chi connectivity index (χ1v) is 9.81. The SMILES string of the molecule is C[S+](C)OC(=NC1CCCCC1)NC1CCCCC1. The largest absolute Gasteiger partial charge is 0.345 e. The van der Waals surface area contributed by atoms with Gasteiger partial charge in [0.25, 0.3) is 0 Å². The smallest absolute Gasteiger partial charge is 0.333 e. The molecule has 19 heavy (non-hydrogen) atoms. The number of aliphatic imine (C=N–C) groups is 1. The summed E-state index contributed by atoms with van der Waals surface area (Å²) in [6.07, 6.45) is 17.4. The fourth-order valence-corrected chi connectivity index (χ4v) is 3.45. The molecule has 0 saturated heterocycles. The third-order valence-corrected chi connectivity index (χ3v) is 4.54. The molecule has 0 bridgehead atoms. The summed E-state index contributed by atoms with van der Waals surface area (Å²) in [5.74, 6) is 0. The quantitative estimate of drug-likeness (QED) is 0.490. The number of rotatable bonds is 3. The molecule has 2 aliphatic rings. The van der Waals surface area contributed by atoms with Crippen molar-refractivity contribution in [1.29, 1.82) is 0 Å². The minimum Gasteiger partial charge on any atom is -0.333 e. The van der Waals surface area contributed by atoms with Crippen LogP contribution in [0.5, 0.6) is 0 Å². The zero-order valence-electron chi connectivity index (χ0n) is 12.5. The number of nitrogens with one attached hydrogen (secondary N) is 1. The molecule has 0 aromatic heterocycles. The van der Waals surface area contributed by atoms with Crippen LogP contribution < -0.4 is 5.32 Å². The lowest BCUT2D eigenvalue weighted by molar-refractivity contribution is 0.387. The predicted molar refractivity (Wildman–Crippen MR) is 84.6 cm³/mol. The first kappa shape index (κ1) is 15.0. The van der Waals surface area contributed by atoms with E-state index in [0.29, 0.717) is 12.1 Å². The summed E-state index contributed by atoms with van der Waals surface area (Å²) in [6, 6.07) is 1.90. The molecule has 0 aromatic rings. The molecule has 0 unspecified atom stereocenters. The molecule has 110 valence electrons. The molecular weight excluding hydrogens is 256 g/mol. The van der Waals surface area contributed by atoms with Crippen LogP contribution in [0.4, 0.5) is 0 Å². The minimum absolute atomic E-state index is 0.0476. The molecule has 3 nitrogen and oxygen atoms in total. The van der Waals surface area contributed by atoms with Gasteiger partial charge in [-0.25, -0.2) is 9.18 Å². The molecule has 4 heteroatoms. The fourth-order valence-electron chi connectivity index (χ4n) is 3.04. The van der Waals surface area contributed by atoms with Crippen molar-refractivity contribution in [1.82, 2.24) is 5.32 Å². The van der Waals surface area contributed by atoms with Crippen molar-refractivity contribution in [2.24, 2.45) is 4.99 Å². The van der Waals surface area contributed by atoms with Crippen molar-refractivity contribution >= 4 is 17.2 Å². The van der Waals surface area contributed by atoms with Gasteiger partial charge in [0.2, 0.25) is 0 Å². The second-order valence-electron chi connectivity index (χ2n) is 6.03. The number of nitrogens with zero attached hydrogens (tertiary/aromatic N) is 1. The topological polar surface area (TPSA) is 33.6 Å². The standard InChI is InChI=1S/C15H29N2OS/c1-19(2)18-15(16-13-9-5-3-6-10-13)17-14-11-7-4-8-12-14/h13-14H,3-12H2,1-2H3,(H,16,17)/q+1. The molecular formula is C15H29N2OS+. The van der Waals surface area contributed by atoms with Crippen molar-refractivity contribution in [2.75, 3.05) is 12.5 Å². The second-order valence-corrected chi connectivity index (χ2v) is 7.68. The Morgan fingerprint density at radius 3 is 2.11 bits per heavy atom. The molecule has 0 spiro atoms. The molecule has 0 atom stereocenters. The predicted octanol–water partition coefficient (Wildman–Crippen LogP) is 3.41. The summed E-state index contributed by atoms with van der Waals surface area (Å²) >= 11 is -0.0476. The zero-order valence-corrected chi connectivity index (χ0v) is 13.3. The zero-order chi connectivity index (χ0) is 13.5. The third kappa shape index (κ3) is 5.64. The fraction of sp³-hybridized carbons (Fsp3) is 0.933. The van der Waals surface area contributed by atoms with E-state index >= 15 is 0 Å². The van der Waals surface area contributed by atoms with Crippen molar-refractivity contribution in [2.45, 2.75) is 76.3 Å². The summed E-state index contributed by atoms with van der Waals surface area (Å²) in [5.41, 5.74) is 0. The maximum atomic E-state index is 5.92.